The first-order valence-corrected chi connectivity index (χ1v) is 7.50. The van der Waals surface area contributed by atoms with Crippen molar-refractivity contribution in [3.8, 4) is 6.07 Å². The van der Waals surface area contributed by atoms with Crippen LogP contribution in [0.25, 0.3) is 11.0 Å². The van der Waals surface area contributed by atoms with E-state index in [1.54, 1.807) is 29.2 Å². The van der Waals surface area contributed by atoms with E-state index < -0.39 is 0 Å². The summed E-state index contributed by atoms with van der Waals surface area (Å²) in [4.78, 5) is 19.1. The molecule has 5 nitrogen and oxygen atoms in total. The third-order valence-corrected chi connectivity index (χ3v) is 4.19. The second-order valence-electron chi connectivity index (χ2n) is 5.59. The number of fused-ring (bicyclic) bond motifs is 3. The maximum Gasteiger partial charge on any atom is 0.254 e. The van der Waals surface area contributed by atoms with Crippen molar-refractivity contribution in [3.05, 3.63) is 65.5 Å². The Labute approximate surface area is 133 Å². The van der Waals surface area contributed by atoms with Gasteiger partial charge in [-0.25, -0.2) is 4.98 Å². The largest absolute Gasteiger partial charge is 0.329 e. The zero-order valence-corrected chi connectivity index (χ0v) is 12.4. The standard InChI is InChI=1S/C18H14N4O/c19-11-13-4-3-5-14(10-13)18(23)21-8-9-22-16-7-2-1-6-15(16)20-17(22)12-21/h1-7,10H,8-9,12H2. The summed E-state index contributed by atoms with van der Waals surface area (Å²) in [6.45, 7) is 1.87. The molecule has 0 N–H and O–H groups in total. The van der Waals surface area contributed by atoms with Gasteiger partial charge in [0.2, 0.25) is 0 Å². The van der Waals surface area contributed by atoms with Gasteiger partial charge in [0.15, 0.2) is 0 Å². The van der Waals surface area contributed by atoms with Gasteiger partial charge in [-0.05, 0) is 30.3 Å². The SMILES string of the molecule is N#Cc1cccc(C(=O)N2CCn3c(nc4ccccc43)C2)c1. The van der Waals surface area contributed by atoms with Crippen LogP contribution in [-0.4, -0.2) is 26.9 Å². The number of hydrogen-bond acceptors (Lipinski definition) is 3. The summed E-state index contributed by atoms with van der Waals surface area (Å²) in [6, 6.07) is 16.9. The predicted octanol–water partition coefficient (Wildman–Crippen LogP) is 2.56. The molecule has 1 amide bonds. The smallest absolute Gasteiger partial charge is 0.254 e. The number of carbonyl (C=O) groups is 1. The van der Waals surface area contributed by atoms with Crippen LogP contribution in [0.3, 0.4) is 0 Å². The third kappa shape index (κ3) is 2.25. The van der Waals surface area contributed by atoms with Gasteiger partial charge in [0.1, 0.15) is 5.82 Å². The van der Waals surface area contributed by atoms with E-state index in [1.807, 2.05) is 18.2 Å². The number of nitrogens with zero attached hydrogens (tertiary/aromatic N) is 4. The lowest BCUT2D eigenvalue weighted by molar-refractivity contribution is 0.0709. The zero-order chi connectivity index (χ0) is 15.8. The first kappa shape index (κ1) is 13.5. The lowest BCUT2D eigenvalue weighted by atomic mass is 10.1. The fourth-order valence-corrected chi connectivity index (χ4v) is 3.04. The number of aromatic nitrogens is 2. The Balaban J connectivity index is 1.65. The average Bonchev–Trinajstić information content (AvgIpc) is 2.98. The van der Waals surface area contributed by atoms with Crippen LogP contribution < -0.4 is 0 Å². The van der Waals surface area contributed by atoms with Crippen molar-refractivity contribution < 1.29 is 4.79 Å². The van der Waals surface area contributed by atoms with Gasteiger partial charge in [-0.2, -0.15) is 5.26 Å². The molecule has 0 spiro atoms. The molecule has 0 atom stereocenters. The van der Waals surface area contributed by atoms with Crippen molar-refractivity contribution in [1.82, 2.24) is 14.5 Å². The first-order valence-electron chi connectivity index (χ1n) is 7.50. The van der Waals surface area contributed by atoms with Crippen molar-refractivity contribution in [2.24, 2.45) is 0 Å². The van der Waals surface area contributed by atoms with Gasteiger partial charge in [-0.3, -0.25) is 4.79 Å². The van der Waals surface area contributed by atoms with Gasteiger partial charge < -0.3 is 9.47 Å². The summed E-state index contributed by atoms with van der Waals surface area (Å²) in [7, 11) is 0. The number of nitriles is 1. The minimum atomic E-state index is -0.0552. The molecule has 4 rings (SSSR count). The fraction of sp³-hybridized carbons (Fsp3) is 0.167. The molecule has 0 aliphatic carbocycles. The van der Waals surface area contributed by atoms with E-state index in [2.05, 4.69) is 21.7 Å². The molecule has 112 valence electrons. The summed E-state index contributed by atoms with van der Waals surface area (Å²) in [5, 5.41) is 8.98. The van der Waals surface area contributed by atoms with Gasteiger partial charge in [0.25, 0.3) is 5.91 Å². The van der Waals surface area contributed by atoms with E-state index in [1.165, 1.54) is 0 Å². The van der Waals surface area contributed by atoms with Crippen LogP contribution in [0.5, 0.6) is 0 Å². The Morgan fingerprint density at radius 1 is 1.13 bits per heavy atom. The van der Waals surface area contributed by atoms with Crippen LogP contribution in [0, 0.1) is 11.3 Å². The first-order chi connectivity index (χ1) is 11.3. The molecule has 0 saturated heterocycles. The highest BCUT2D eigenvalue weighted by atomic mass is 16.2. The third-order valence-electron chi connectivity index (χ3n) is 4.19. The molecule has 0 fully saturated rings. The summed E-state index contributed by atoms with van der Waals surface area (Å²) in [5.41, 5.74) is 3.12. The van der Waals surface area contributed by atoms with Crippen LogP contribution in [0.1, 0.15) is 21.7 Å². The highest BCUT2D eigenvalue weighted by Gasteiger charge is 2.24. The highest BCUT2D eigenvalue weighted by Crippen LogP contribution is 2.21. The van der Waals surface area contributed by atoms with Crippen LogP contribution in [0.2, 0.25) is 0 Å². The van der Waals surface area contributed by atoms with E-state index in [-0.39, 0.29) is 5.91 Å². The number of para-hydroxylation sites is 2. The Bertz CT molecular complexity index is 951. The van der Waals surface area contributed by atoms with Crippen LogP contribution in [0.15, 0.2) is 48.5 Å². The van der Waals surface area contributed by atoms with E-state index in [9.17, 15) is 4.79 Å². The minimum Gasteiger partial charge on any atom is -0.329 e. The topological polar surface area (TPSA) is 61.9 Å². The molecule has 0 radical (unpaired) electrons. The molecule has 2 aromatic carbocycles. The van der Waals surface area contributed by atoms with Crippen molar-refractivity contribution in [2.75, 3.05) is 6.54 Å². The lowest BCUT2D eigenvalue weighted by Gasteiger charge is -2.28. The Hall–Kier alpha value is -3.13. The highest BCUT2D eigenvalue weighted by molar-refractivity contribution is 5.94. The van der Waals surface area contributed by atoms with Crippen molar-refractivity contribution in [2.45, 2.75) is 13.1 Å². The molecule has 1 aromatic heterocycles. The van der Waals surface area contributed by atoms with Gasteiger partial charge in [0, 0.05) is 18.7 Å². The van der Waals surface area contributed by atoms with Gasteiger partial charge in [0.05, 0.1) is 29.2 Å². The molecular formula is C18H14N4O. The quantitative estimate of drug-likeness (QED) is 0.694. The van der Waals surface area contributed by atoms with E-state index in [4.69, 9.17) is 5.26 Å². The van der Waals surface area contributed by atoms with E-state index in [0.717, 1.165) is 23.4 Å². The number of benzene rings is 2. The van der Waals surface area contributed by atoms with Crippen LogP contribution >= 0.6 is 0 Å². The normalized spacial score (nSPS) is 13.6. The van der Waals surface area contributed by atoms with Gasteiger partial charge >= 0.3 is 0 Å². The number of imidazole rings is 1. The fourth-order valence-electron chi connectivity index (χ4n) is 3.04. The van der Waals surface area contributed by atoms with Crippen molar-refractivity contribution in [3.63, 3.8) is 0 Å². The monoisotopic (exact) mass is 302 g/mol. The maximum absolute atomic E-state index is 12.7. The van der Waals surface area contributed by atoms with Gasteiger partial charge in [-0.1, -0.05) is 18.2 Å². The molecule has 1 aliphatic rings. The predicted molar refractivity (Wildman–Crippen MR) is 85.6 cm³/mol. The molecular weight excluding hydrogens is 288 g/mol. The summed E-state index contributed by atoms with van der Waals surface area (Å²) < 4.78 is 2.17. The second kappa shape index (κ2) is 5.25. The number of rotatable bonds is 1. The van der Waals surface area contributed by atoms with Crippen LogP contribution in [0.4, 0.5) is 0 Å². The molecule has 0 bridgehead atoms. The molecule has 0 saturated carbocycles. The molecule has 1 aliphatic heterocycles. The average molecular weight is 302 g/mol. The molecule has 5 heteroatoms. The van der Waals surface area contributed by atoms with Gasteiger partial charge in [-0.15, -0.1) is 0 Å². The Morgan fingerprint density at radius 3 is 2.87 bits per heavy atom. The summed E-state index contributed by atoms with van der Waals surface area (Å²) in [6.07, 6.45) is 0. The van der Waals surface area contributed by atoms with E-state index in [0.29, 0.717) is 24.2 Å². The Morgan fingerprint density at radius 2 is 2.00 bits per heavy atom. The lowest BCUT2D eigenvalue weighted by Crippen LogP contribution is -2.38. The number of amides is 1. The van der Waals surface area contributed by atoms with Crippen LogP contribution in [-0.2, 0) is 13.1 Å². The molecule has 0 unspecified atom stereocenters. The number of hydrogen-bond donors (Lipinski definition) is 0. The maximum atomic E-state index is 12.7. The Kier molecular flexibility index (Phi) is 3.09. The second-order valence-corrected chi connectivity index (χ2v) is 5.59. The molecule has 3 aromatic rings. The molecule has 2 heterocycles. The number of carbonyl (C=O) groups excluding carboxylic acids is 1. The summed E-state index contributed by atoms with van der Waals surface area (Å²) in [5.74, 6) is 0.850. The van der Waals surface area contributed by atoms with E-state index >= 15 is 0 Å². The minimum absolute atomic E-state index is 0.0552. The zero-order valence-electron chi connectivity index (χ0n) is 12.4. The summed E-state index contributed by atoms with van der Waals surface area (Å²) >= 11 is 0. The van der Waals surface area contributed by atoms with Crippen molar-refractivity contribution >= 4 is 16.9 Å². The molecule has 23 heavy (non-hydrogen) atoms. The van der Waals surface area contributed by atoms with Crippen molar-refractivity contribution in [1.29, 1.82) is 5.26 Å².